The van der Waals surface area contributed by atoms with Gasteiger partial charge in [-0.2, -0.15) is 0 Å². The number of rotatable bonds is 6. The molecule has 0 atom stereocenters. The van der Waals surface area contributed by atoms with Crippen molar-refractivity contribution in [1.82, 2.24) is 9.88 Å². The second-order valence-electron chi connectivity index (χ2n) is 4.09. The molecule has 2 rings (SSSR count). The first kappa shape index (κ1) is 12.1. The SMILES string of the molecule is CCOCCn1ccc2c(CNC)cccc21. The van der Waals surface area contributed by atoms with Crippen molar-refractivity contribution in [2.75, 3.05) is 20.3 Å². The van der Waals surface area contributed by atoms with Crippen molar-refractivity contribution in [3.63, 3.8) is 0 Å². The second kappa shape index (κ2) is 5.84. The predicted molar refractivity (Wildman–Crippen MR) is 71.2 cm³/mol. The molecule has 0 aliphatic carbocycles. The summed E-state index contributed by atoms with van der Waals surface area (Å²) in [4.78, 5) is 0. The first-order chi connectivity index (χ1) is 8.36. The number of hydrogen-bond acceptors (Lipinski definition) is 2. The predicted octanol–water partition coefficient (Wildman–Crippen LogP) is 2.40. The van der Waals surface area contributed by atoms with Gasteiger partial charge in [0.1, 0.15) is 0 Å². The fourth-order valence-electron chi connectivity index (χ4n) is 2.13. The molecule has 0 unspecified atom stereocenters. The maximum absolute atomic E-state index is 5.40. The Kier molecular flexibility index (Phi) is 4.18. The van der Waals surface area contributed by atoms with Gasteiger partial charge in [0.2, 0.25) is 0 Å². The molecule has 0 aliphatic rings. The van der Waals surface area contributed by atoms with Crippen molar-refractivity contribution in [2.24, 2.45) is 0 Å². The highest BCUT2D eigenvalue weighted by molar-refractivity contribution is 5.83. The average molecular weight is 232 g/mol. The topological polar surface area (TPSA) is 26.2 Å². The molecular formula is C14H20N2O. The largest absolute Gasteiger partial charge is 0.380 e. The molecule has 0 radical (unpaired) electrons. The molecule has 1 aromatic heterocycles. The minimum absolute atomic E-state index is 0.774. The molecule has 1 N–H and O–H groups in total. The minimum atomic E-state index is 0.774. The van der Waals surface area contributed by atoms with Gasteiger partial charge in [0, 0.05) is 36.8 Å². The van der Waals surface area contributed by atoms with E-state index in [0.29, 0.717) is 0 Å². The highest BCUT2D eigenvalue weighted by Crippen LogP contribution is 2.20. The van der Waals surface area contributed by atoms with E-state index in [2.05, 4.69) is 40.3 Å². The van der Waals surface area contributed by atoms with E-state index in [4.69, 9.17) is 4.74 Å². The van der Waals surface area contributed by atoms with Gasteiger partial charge >= 0.3 is 0 Å². The van der Waals surface area contributed by atoms with E-state index in [1.165, 1.54) is 16.5 Å². The number of nitrogens with zero attached hydrogens (tertiary/aromatic N) is 1. The van der Waals surface area contributed by atoms with Gasteiger partial charge in [-0.15, -0.1) is 0 Å². The molecule has 3 nitrogen and oxygen atoms in total. The third-order valence-electron chi connectivity index (χ3n) is 2.95. The molecule has 0 amide bonds. The average Bonchev–Trinajstić information content (AvgIpc) is 2.75. The van der Waals surface area contributed by atoms with Crippen molar-refractivity contribution in [3.05, 3.63) is 36.0 Å². The van der Waals surface area contributed by atoms with Crippen LogP contribution < -0.4 is 5.32 Å². The Hall–Kier alpha value is -1.32. The Morgan fingerprint density at radius 1 is 1.29 bits per heavy atom. The van der Waals surface area contributed by atoms with E-state index < -0.39 is 0 Å². The maximum Gasteiger partial charge on any atom is 0.0645 e. The van der Waals surface area contributed by atoms with Gasteiger partial charge in [0.05, 0.1) is 6.61 Å². The van der Waals surface area contributed by atoms with Crippen LogP contribution >= 0.6 is 0 Å². The molecule has 0 fully saturated rings. The van der Waals surface area contributed by atoms with Gasteiger partial charge in [-0.1, -0.05) is 12.1 Å². The smallest absolute Gasteiger partial charge is 0.0645 e. The minimum Gasteiger partial charge on any atom is -0.380 e. The molecule has 2 aromatic rings. The van der Waals surface area contributed by atoms with Crippen LogP contribution in [0.3, 0.4) is 0 Å². The molecule has 17 heavy (non-hydrogen) atoms. The van der Waals surface area contributed by atoms with Crippen LogP contribution in [-0.4, -0.2) is 24.8 Å². The van der Waals surface area contributed by atoms with Gasteiger partial charge in [-0.3, -0.25) is 0 Å². The summed E-state index contributed by atoms with van der Waals surface area (Å²) in [5.41, 5.74) is 2.64. The first-order valence-electron chi connectivity index (χ1n) is 6.16. The van der Waals surface area contributed by atoms with Crippen molar-refractivity contribution in [2.45, 2.75) is 20.0 Å². The lowest BCUT2D eigenvalue weighted by Gasteiger charge is -2.07. The van der Waals surface area contributed by atoms with Crippen LogP contribution in [0, 0.1) is 0 Å². The second-order valence-corrected chi connectivity index (χ2v) is 4.09. The Bertz CT molecular complexity index is 476. The lowest BCUT2D eigenvalue weighted by molar-refractivity contribution is 0.140. The molecule has 0 aliphatic heterocycles. The monoisotopic (exact) mass is 232 g/mol. The molecule has 1 aromatic carbocycles. The zero-order valence-corrected chi connectivity index (χ0v) is 10.6. The summed E-state index contributed by atoms with van der Waals surface area (Å²) in [6.07, 6.45) is 2.14. The number of ether oxygens (including phenoxy) is 1. The molecule has 0 saturated carbocycles. The summed E-state index contributed by atoms with van der Waals surface area (Å²) in [6, 6.07) is 8.65. The summed E-state index contributed by atoms with van der Waals surface area (Å²) in [5.74, 6) is 0. The van der Waals surface area contributed by atoms with Crippen LogP contribution in [0.2, 0.25) is 0 Å². The molecule has 0 spiro atoms. The Labute approximate surface area is 102 Å². The van der Waals surface area contributed by atoms with E-state index in [-0.39, 0.29) is 0 Å². The van der Waals surface area contributed by atoms with Crippen LogP contribution in [0.15, 0.2) is 30.5 Å². The summed E-state index contributed by atoms with van der Waals surface area (Å²) in [6.45, 7) is 5.41. The molecule has 0 saturated heterocycles. The van der Waals surface area contributed by atoms with Crippen LogP contribution in [0.1, 0.15) is 12.5 Å². The normalized spacial score (nSPS) is 11.2. The highest BCUT2D eigenvalue weighted by atomic mass is 16.5. The third kappa shape index (κ3) is 2.68. The van der Waals surface area contributed by atoms with Crippen molar-refractivity contribution in [3.8, 4) is 0 Å². The molecule has 1 heterocycles. The van der Waals surface area contributed by atoms with Crippen LogP contribution in [0.4, 0.5) is 0 Å². The fraction of sp³-hybridized carbons (Fsp3) is 0.429. The standard InChI is InChI=1S/C14H20N2O/c1-3-17-10-9-16-8-7-13-12(11-15-2)5-4-6-14(13)16/h4-8,15H,3,9-11H2,1-2H3. The maximum atomic E-state index is 5.40. The van der Waals surface area contributed by atoms with E-state index >= 15 is 0 Å². The van der Waals surface area contributed by atoms with Gasteiger partial charge < -0.3 is 14.6 Å². The Morgan fingerprint density at radius 2 is 2.18 bits per heavy atom. The Morgan fingerprint density at radius 3 is 2.94 bits per heavy atom. The lowest BCUT2D eigenvalue weighted by Crippen LogP contribution is -2.06. The Balaban J connectivity index is 2.24. The number of benzene rings is 1. The summed E-state index contributed by atoms with van der Waals surface area (Å²) < 4.78 is 7.65. The van der Waals surface area contributed by atoms with Gasteiger partial charge in [0.15, 0.2) is 0 Å². The zero-order chi connectivity index (χ0) is 12.1. The van der Waals surface area contributed by atoms with E-state index in [9.17, 15) is 0 Å². The molecular weight excluding hydrogens is 212 g/mol. The van der Waals surface area contributed by atoms with E-state index in [0.717, 1.165) is 26.3 Å². The summed E-state index contributed by atoms with van der Waals surface area (Å²) in [5, 5.41) is 4.54. The van der Waals surface area contributed by atoms with E-state index in [1.807, 2.05) is 14.0 Å². The zero-order valence-electron chi connectivity index (χ0n) is 10.6. The van der Waals surface area contributed by atoms with Crippen molar-refractivity contribution >= 4 is 10.9 Å². The van der Waals surface area contributed by atoms with Gasteiger partial charge in [-0.25, -0.2) is 0 Å². The number of aromatic nitrogens is 1. The van der Waals surface area contributed by atoms with Crippen LogP contribution in [0.5, 0.6) is 0 Å². The fourth-order valence-corrected chi connectivity index (χ4v) is 2.13. The number of hydrogen-bond donors (Lipinski definition) is 1. The van der Waals surface area contributed by atoms with Crippen molar-refractivity contribution < 1.29 is 4.74 Å². The quantitative estimate of drug-likeness (QED) is 0.774. The van der Waals surface area contributed by atoms with Crippen LogP contribution in [0.25, 0.3) is 10.9 Å². The first-order valence-corrected chi connectivity index (χ1v) is 6.16. The number of nitrogens with one attached hydrogen (secondary N) is 1. The van der Waals surface area contributed by atoms with Crippen molar-refractivity contribution in [1.29, 1.82) is 0 Å². The lowest BCUT2D eigenvalue weighted by atomic mass is 10.1. The number of fused-ring (bicyclic) bond motifs is 1. The molecule has 3 heteroatoms. The van der Waals surface area contributed by atoms with Gasteiger partial charge in [0.25, 0.3) is 0 Å². The summed E-state index contributed by atoms with van der Waals surface area (Å²) >= 11 is 0. The van der Waals surface area contributed by atoms with Gasteiger partial charge in [-0.05, 0) is 31.7 Å². The van der Waals surface area contributed by atoms with E-state index in [1.54, 1.807) is 0 Å². The van der Waals surface area contributed by atoms with Crippen LogP contribution in [-0.2, 0) is 17.8 Å². The third-order valence-corrected chi connectivity index (χ3v) is 2.95. The summed E-state index contributed by atoms with van der Waals surface area (Å²) in [7, 11) is 1.98. The highest BCUT2D eigenvalue weighted by Gasteiger charge is 2.04. The molecule has 92 valence electrons. The molecule has 0 bridgehead atoms.